The molecule has 0 heterocycles. The minimum atomic E-state index is 0.607. The summed E-state index contributed by atoms with van der Waals surface area (Å²) in [7, 11) is 0. The van der Waals surface area contributed by atoms with Gasteiger partial charge in [0.25, 0.3) is 0 Å². The molecule has 1 N–H and O–H groups in total. The Hall–Kier alpha value is -0.500. The molecule has 0 aliphatic rings. The van der Waals surface area contributed by atoms with Crippen LogP contribution in [0, 0.1) is 0 Å². The quantitative estimate of drug-likeness (QED) is 0.653. The third kappa shape index (κ3) is 5.69. The maximum Gasteiger partial charge on any atom is 0.0378 e. The lowest BCUT2D eigenvalue weighted by Gasteiger charge is -2.26. The van der Waals surface area contributed by atoms with Crippen LogP contribution in [0.2, 0.25) is 0 Å². The van der Waals surface area contributed by atoms with E-state index in [-0.39, 0.29) is 0 Å². The van der Waals surface area contributed by atoms with Gasteiger partial charge in [0, 0.05) is 24.8 Å². The summed E-state index contributed by atoms with van der Waals surface area (Å²) in [5, 5.41) is 3.25. The molecule has 0 saturated carbocycles. The predicted octanol–water partition coefficient (Wildman–Crippen LogP) is 2.23. The first-order chi connectivity index (χ1) is 6.11. The van der Waals surface area contributed by atoms with Crippen LogP contribution in [0.1, 0.15) is 34.1 Å². The molecule has 0 fully saturated rings. The van der Waals surface area contributed by atoms with E-state index in [1.807, 2.05) is 0 Å². The van der Waals surface area contributed by atoms with Crippen molar-refractivity contribution in [1.29, 1.82) is 0 Å². The molecule has 0 saturated heterocycles. The molecule has 0 aliphatic carbocycles. The summed E-state index contributed by atoms with van der Waals surface area (Å²) in [5.41, 5.74) is 1.13. The van der Waals surface area contributed by atoms with E-state index in [9.17, 15) is 0 Å². The zero-order valence-corrected chi connectivity index (χ0v) is 9.56. The third-order valence-corrected chi connectivity index (χ3v) is 2.06. The van der Waals surface area contributed by atoms with E-state index in [2.05, 4.69) is 44.5 Å². The van der Waals surface area contributed by atoms with Crippen molar-refractivity contribution in [3.05, 3.63) is 12.3 Å². The molecule has 0 spiro atoms. The summed E-state index contributed by atoms with van der Waals surface area (Å²) in [6, 6.07) is 0.607. The largest absolute Gasteiger partial charge is 0.388 e. The molecule has 2 heteroatoms. The highest BCUT2D eigenvalue weighted by Gasteiger charge is 2.08. The van der Waals surface area contributed by atoms with Crippen LogP contribution in [0.3, 0.4) is 0 Å². The Kier molecular flexibility index (Phi) is 6.69. The summed E-state index contributed by atoms with van der Waals surface area (Å²) < 4.78 is 0. The van der Waals surface area contributed by atoms with Crippen molar-refractivity contribution < 1.29 is 0 Å². The van der Waals surface area contributed by atoms with Gasteiger partial charge in [0.1, 0.15) is 0 Å². The van der Waals surface area contributed by atoms with Gasteiger partial charge in [-0.2, -0.15) is 0 Å². The van der Waals surface area contributed by atoms with Crippen molar-refractivity contribution in [3.63, 3.8) is 0 Å². The lowest BCUT2D eigenvalue weighted by molar-refractivity contribution is 0.237. The zero-order chi connectivity index (χ0) is 10.3. The highest BCUT2D eigenvalue weighted by Crippen LogP contribution is 2.01. The molecular formula is C11H24N2. The molecule has 13 heavy (non-hydrogen) atoms. The number of likely N-dealkylation sites (N-methyl/N-ethyl adjacent to an activating group) is 1. The van der Waals surface area contributed by atoms with Gasteiger partial charge >= 0.3 is 0 Å². The van der Waals surface area contributed by atoms with E-state index in [0.29, 0.717) is 6.04 Å². The van der Waals surface area contributed by atoms with Gasteiger partial charge < -0.3 is 5.32 Å². The van der Waals surface area contributed by atoms with Crippen LogP contribution < -0.4 is 5.32 Å². The lowest BCUT2D eigenvalue weighted by atomic mass is 10.2. The Balaban J connectivity index is 3.86. The standard InChI is InChI=1S/C11H24N2/c1-6-8-13(10(3)4)9-11(5)12-7-2/h10,12H,5-9H2,1-4H3. The smallest absolute Gasteiger partial charge is 0.0378 e. The SMILES string of the molecule is C=C(CN(CCC)C(C)C)NCC. The average Bonchev–Trinajstić information content (AvgIpc) is 2.04. The molecule has 0 aromatic heterocycles. The molecule has 0 atom stereocenters. The Bertz CT molecular complexity index is 141. The van der Waals surface area contributed by atoms with Crippen molar-refractivity contribution in [2.24, 2.45) is 0 Å². The molecular weight excluding hydrogens is 160 g/mol. The summed E-state index contributed by atoms with van der Waals surface area (Å²) >= 11 is 0. The van der Waals surface area contributed by atoms with Gasteiger partial charge in [0.2, 0.25) is 0 Å². The van der Waals surface area contributed by atoms with Gasteiger partial charge in [-0.3, -0.25) is 4.90 Å². The van der Waals surface area contributed by atoms with Gasteiger partial charge in [-0.05, 0) is 33.7 Å². The fourth-order valence-corrected chi connectivity index (χ4v) is 1.36. The maximum atomic E-state index is 4.00. The molecule has 0 bridgehead atoms. The van der Waals surface area contributed by atoms with Crippen LogP contribution in [-0.4, -0.2) is 30.6 Å². The molecule has 2 nitrogen and oxygen atoms in total. The molecule has 0 rings (SSSR count). The molecule has 0 radical (unpaired) electrons. The Morgan fingerprint density at radius 3 is 2.38 bits per heavy atom. The minimum Gasteiger partial charge on any atom is -0.388 e. The van der Waals surface area contributed by atoms with Crippen molar-refractivity contribution in [2.75, 3.05) is 19.6 Å². The van der Waals surface area contributed by atoms with E-state index in [1.165, 1.54) is 6.42 Å². The third-order valence-electron chi connectivity index (χ3n) is 2.06. The summed E-state index contributed by atoms with van der Waals surface area (Å²) in [5.74, 6) is 0. The molecule has 0 amide bonds. The number of hydrogen-bond acceptors (Lipinski definition) is 2. The topological polar surface area (TPSA) is 15.3 Å². The van der Waals surface area contributed by atoms with E-state index < -0.39 is 0 Å². The highest BCUT2D eigenvalue weighted by molar-refractivity contribution is 4.94. The molecule has 0 aliphatic heterocycles. The Morgan fingerprint density at radius 2 is 2.00 bits per heavy atom. The van der Waals surface area contributed by atoms with E-state index in [0.717, 1.165) is 25.3 Å². The van der Waals surface area contributed by atoms with Crippen molar-refractivity contribution in [1.82, 2.24) is 10.2 Å². The van der Waals surface area contributed by atoms with Gasteiger partial charge in [-0.25, -0.2) is 0 Å². The first kappa shape index (κ1) is 12.5. The van der Waals surface area contributed by atoms with E-state index >= 15 is 0 Å². The second kappa shape index (κ2) is 6.96. The van der Waals surface area contributed by atoms with Gasteiger partial charge in [0.05, 0.1) is 0 Å². The van der Waals surface area contributed by atoms with Crippen LogP contribution in [0.5, 0.6) is 0 Å². The predicted molar refractivity (Wildman–Crippen MR) is 59.8 cm³/mol. The fraction of sp³-hybridized carbons (Fsp3) is 0.818. The van der Waals surface area contributed by atoms with E-state index in [4.69, 9.17) is 0 Å². The molecule has 0 unspecified atom stereocenters. The van der Waals surface area contributed by atoms with Crippen LogP contribution in [0.15, 0.2) is 12.3 Å². The second-order valence-electron chi connectivity index (χ2n) is 3.70. The fourth-order valence-electron chi connectivity index (χ4n) is 1.36. The van der Waals surface area contributed by atoms with Crippen molar-refractivity contribution >= 4 is 0 Å². The molecule has 0 aromatic carbocycles. The average molecular weight is 184 g/mol. The monoisotopic (exact) mass is 184 g/mol. The number of nitrogens with zero attached hydrogens (tertiary/aromatic N) is 1. The van der Waals surface area contributed by atoms with Crippen LogP contribution in [0.25, 0.3) is 0 Å². The number of nitrogens with one attached hydrogen (secondary N) is 1. The van der Waals surface area contributed by atoms with E-state index in [1.54, 1.807) is 0 Å². The first-order valence-corrected chi connectivity index (χ1v) is 5.27. The van der Waals surface area contributed by atoms with Crippen molar-refractivity contribution in [2.45, 2.75) is 40.2 Å². The van der Waals surface area contributed by atoms with Crippen LogP contribution >= 0.6 is 0 Å². The highest BCUT2D eigenvalue weighted by atomic mass is 15.2. The lowest BCUT2D eigenvalue weighted by Crippen LogP contribution is -2.35. The Morgan fingerprint density at radius 1 is 1.38 bits per heavy atom. The van der Waals surface area contributed by atoms with Gasteiger partial charge in [-0.1, -0.05) is 13.5 Å². The minimum absolute atomic E-state index is 0.607. The normalized spacial score (nSPS) is 10.9. The summed E-state index contributed by atoms with van der Waals surface area (Å²) in [6.45, 7) is 15.9. The first-order valence-electron chi connectivity index (χ1n) is 5.27. The maximum absolute atomic E-state index is 4.00. The van der Waals surface area contributed by atoms with Crippen LogP contribution in [0.4, 0.5) is 0 Å². The Labute approximate surface area is 83.0 Å². The molecule has 78 valence electrons. The van der Waals surface area contributed by atoms with Gasteiger partial charge in [-0.15, -0.1) is 0 Å². The van der Waals surface area contributed by atoms with Crippen molar-refractivity contribution in [3.8, 4) is 0 Å². The summed E-state index contributed by atoms with van der Waals surface area (Å²) in [4.78, 5) is 2.44. The molecule has 0 aromatic rings. The summed E-state index contributed by atoms with van der Waals surface area (Å²) in [6.07, 6.45) is 1.21. The second-order valence-corrected chi connectivity index (χ2v) is 3.70. The van der Waals surface area contributed by atoms with Gasteiger partial charge in [0.15, 0.2) is 0 Å². The number of hydrogen-bond donors (Lipinski definition) is 1. The number of rotatable bonds is 7. The zero-order valence-electron chi connectivity index (χ0n) is 9.56. The van der Waals surface area contributed by atoms with Crippen LogP contribution in [-0.2, 0) is 0 Å².